The summed E-state index contributed by atoms with van der Waals surface area (Å²) >= 11 is 0. The topological polar surface area (TPSA) is 99.3 Å². The SMILES string of the molecule is CCN(CC)S(=O)(=O)NC(CC)(CC)C(=N)N. The van der Waals surface area contributed by atoms with E-state index in [0.29, 0.717) is 25.9 Å². The van der Waals surface area contributed by atoms with Crippen LogP contribution in [-0.4, -0.2) is 37.2 Å². The van der Waals surface area contributed by atoms with Gasteiger partial charge in [-0.2, -0.15) is 17.4 Å². The van der Waals surface area contributed by atoms with Crippen LogP contribution in [0.5, 0.6) is 0 Å². The van der Waals surface area contributed by atoms with E-state index in [4.69, 9.17) is 11.1 Å². The van der Waals surface area contributed by atoms with E-state index >= 15 is 0 Å². The first-order chi connectivity index (χ1) is 7.79. The number of amidine groups is 1. The second kappa shape index (κ2) is 6.32. The molecule has 6 nitrogen and oxygen atoms in total. The molecule has 0 saturated carbocycles. The van der Waals surface area contributed by atoms with E-state index in [0.717, 1.165) is 0 Å². The van der Waals surface area contributed by atoms with Crippen molar-refractivity contribution in [2.75, 3.05) is 13.1 Å². The van der Waals surface area contributed by atoms with Crippen LogP contribution in [0.1, 0.15) is 40.5 Å². The molecule has 0 rings (SSSR count). The second-order valence-corrected chi connectivity index (χ2v) is 5.56. The average Bonchev–Trinajstić information content (AvgIpc) is 2.26. The highest BCUT2D eigenvalue weighted by atomic mass is 32.2. The van der Waals surface area contributed by atoms with Crippen LogP contribution in [0.3, 0.4) is 0 Å². The second-order valence-electron chi connectivity index (χ2n) is 3.89. The lowest BCUT2D eigenvalue weighted by Gasteiger charge is -2.33. The van der Waals surface area contributed by atoms with Crippen LogP contribution >= 0.6 is 0 Å². The minimum Gasteiger partial charge on any atom is -0.386 e. The maximum Gasteiger partial charge on any atom is 0.280 e. The van der Waals surface area contributed by atoms with Gasteiger partial charge in [0.15, 0.2) is 0 Å². The number of nitrogens with two attached hydrogens (primary N) is 1. The van der Waals surface area contributed by atoms with Crippen LogP contribution < -0.4 is 10.5 Å². The predicted molar refractivity (Wildman–Crippen MR) is 70.2 cm³/mol. The number of rotatable bonds is 8. The Morgan fingerprint density at radius 3 is 1.88 bits per heavy atom. The molecule has 0 bridgehead atoms. The van der Waals surface area contributed by atoms with E-state index in [9.17, 15) is 8.42 Å². The number of nitrogens with zero attached hydrogens (tertiary/aromatic N) is 1. The van der Waals surface area contributed by atoms with Crippen molar-refractivity contribution < 1.29 is 8.42 Å². The quantitative estimate of drug-likeness (QED) is 0.443. The first-order valence-electron chi connectivity index (χ1n) is 5.93. The summed E-state index contributed by atoms with van der Waals surface area (Å²) in [5.41, 5.74) is 4.55. The van der Waals surface area contributed by atoms with Gasteiger partial charge in [-0.3, -0.25) is 5.41 Å². The van der Waals surface area contributed by atoms with Gasteiger partial charge in [-0.1, -0.05) is 27.7 Å². The molecule has 0 radical (unpaired) electrons. The van der Waals surface area contributed by atoms with Crippen molar-refractivity contribution in [3.05, 3.63) is 0 Å². The zero-order chi connectivity index (χ0) is 13.7. The molecular weight excluding hydrogens is 240 g/mol. The summed E-state index contributed by atoms with van der Waals surface area (Å²) in [6, 6.07) is 0. The molecular formula is C10H24N4O2S. The Bertz CT molecular complexity index is 345. The lowest BCUT2D eigenvalue weighted by atomic mass is 9.93. The highest BCUT2D eigenvalue weighted by molar-refractivity contribution is 7.87. The molecule has 0 aromatic heterocycles. The zero-order valence-corrected chi connectivity index (χ0v) is 11.9. The Labute approximate surface area is 104 Å². The standard InChI is InChI=1S/C10H24N4O2S/c1-5-10(6-2,9(11)12)13-17(15,16)14(7-3)8-4/h13H,5-8H2,1-4H3,(H3,11,12). The average molecular weight is 264 g/mol. The van der Waals surface area contributed by atoms with E-state index in [1.165, 1.54) is 4.31 Å². The molecule has 0 aliphatic rings. The summed E-state index contributed by atoms with van der Waals surface area (Å²) in [7, 11) is -3.59. The van der Waals surface area contributed by atoms with Gasteiger partial charge in [0.1, 0.15) is 5.84 Å². The Morgan fingerprint density at radius 2 is 1.65 bits per heavy atom. The molecule has 102 valence electrons. The van der Waals surface area contributed by atoms with Crippen LogP contribution in [0.4, 0.5) is 0 Å². The molecule has 4 N–H and O–H groups in total. The normalized spacial score (nSPS) is 13.0. The van der Waals surface area contributed by atoms with Crippen molar-refractivity contribution in [1.29, 1.82) is 5.41 Å². The van der Waals surface area contributed by atoms with Gasteiger partial charge in [0.25, 0.3) is 10.2 Å². The van der Waals surface area contributed by atoms with Crippen molar-refractivity contribution in [2.45, 2.75) is 46.1 Å². The number of nitrogens with one attached hydrogen (secondary N) is 2. The number of hydrogen-bond donors (Lipinski definition) is 3. The van der Waals surface area contributed by atoms with Crippen LogP contribution in [0.25, 0.3) is 0 Å². The minimum absolute atomic E-state index is 0.141. The molecule has 0 unspecified atom stereocenters. The first-order valence-corrected chi connectivity index (χ1v) is 7.37. The van der Waals surface area contributed by atoms with E-state index in [1.807, 2.05) is 13.8 Å². The summed E-state index contributed by atoms with van der Waals surface area (Å²) in [6.45, 7) is 7.97. The van der Waals surface area contributed by atoms with Gasteiger partial charge in [-0.25, -0.2) is 0 Å². The van der Waals surface area contributed by atoms with Crippen LogP contribution in [0.2, 0.25) is 0 Å². The third kappa shape index (κ3) is 3.65. The molecule has 0 aliphatic carbocycles. The smallest absolute Gasteiger partial charge is 0.280 e. The van der Waals surface area contributed by atoms with Gasteiger partial charge in [-0.05, 0) is 12.8 Å². The monoisotopic (exact) mass is 264 g/mol. The maximum atomic E-state index is 12.1. The van der Waals surface area contributed by atoms with E-state index in [2.05, 4.69) is 4.72 Å². The lowest BCUT2D eigenvalue weighted by molar-refractivity contribution is 0.398. The van der Waals surface area contributed by atoms with Crippen LogP contribution in [-0.2, 0) is 10.2 Å². The third-order valence-electron chi connectivity index (χ3n) is 3.09. The van der Waals surface area contributed by atoms with E-state index in [-0.39, 0.29) is 5.84 Å². The van der Waals surface area contributed by atoms with E-state index in [1.54, 1.807) is 13.8 Å². The molecule has 0 aromatic carbocycles. The van der Waals surface area contributed by atoms with Gasteiger partial charge in [0.05, 0.1) is 5.54 Å². The maximum absolute atomic E-state index is 12.1. The molecule has 0 saturated heterocycles. The Morgan fingerprint density at radius 1 is 1.24 bits per heavy atom. The highest BCUT2D eigenvalue weighted by Crippen LogP contribution is 2.17. The van der Waals surface area contributed by atoms with Crippen molar-refractivity contribution in [1.82, 2.24) is 9.03 Å². The molecule has 0 fully saturated rings. The summed E-state index contributed by atoms with van der Waals surface area (Å²) in [6.07, 6.45) is 0.915. The predicted octanol–water partition coefficient (Wildman–Crippen LogP) is 0.657. The first kappa shape index (κ1) is 16.3. The van der Waals surface area contributed by atoms with Gasteiger partial charge >= 0.3 is 0 Å². The molecule has 0 atom stereocenters. The molecule has 7 heteroatoms. The van der Waals surface area contributed by atoms with Crippen molar-refractivity contribution in [3.63, 3.8) is 0 Å². The molecule has 17 heavy (non-hydrogen) atoms. The molecule has 0 heterocycles. The fraction of sp³-hybridized carbons (Fsp3) is 0.900. The zero-order valence-electron chi connectivity index (χ0n) is 11.1. The van der Waals surface area contributed by atoms with Gasteiger partial charge in [0.2, 0.25) is 0 Å². The lowest BCUT2D eigenvalue weighted by Crippen LogP contribution is -2.59. The minimum atomic E-state index is -3.59. The van der Waals surface area contributed by atoms with Crippen LogP contribution in [0, 0.1) is 5.41 Å². The number of hydrogen-bond acceptors (Lipinski definition) is 3. The fourth-order valence-electron chi connectivity index (χ4n) is 1.71. The fourth-order valence-corrected chi connectivity index (χ4v) is 3.41. The highest BCUT2D eigenvalue weighted by Gasteiger charge is 2.36. The van der Waals surface area contributed by atoms with Gasteiger partial charge in [0, 0.05) is 13.1 Å². The van der Waals surface area contributed by atoms with Crippen molar-refractivity contribution in [3.8, 4) is 0 Å². The van der Waals surface area contributed by atoms with Crippen molar-refractivity contribution in [2.24, 2.45) is 5.73 Å². The Balaban J connectivity index is 5.20. The van der Waals surface area contributed by atoms with Crippen molar-refractivity contribution >= 4 is 16.0 Å². The molecule has 0 spiro atoms. The molecule has 0 amide bonds. The van der Waals surface area contributed by atoms with Crippen LogP contribution in [0.15, 0.2) is 0 Å². The molecule has 0 aromatic rings. The van der Waals surface area contributed by atoms with Gasteiger partial charge < -0.3 is 5.73 Å². The summed E-state index contributed by atoms with van der Waals surface area (Å²) in [4.78, 5) is 0. The summed E-state index contributed by atoms with van der Waals surface area (Å²) in [5, 5.41) is 7.57. The van der Waals surface area contributed by atoms with Gasteiger partial charge in [-0.15, -0.1) is 0 Å². The Kier molecular flexibility index (Phi) is 6.08. The molecule has 0 aliphatic heterocycles. The Hall–Kier alpha value is -0.660. The summed E-state index contributed by atoms with van der Waals surface area (Å²) in [5.74, 6) is -0.141. The summed E-state index contributed by atoms with van der Waals surface area (Å²) < 4.78 is 28.1. The third-order valence-corrected chi connectivity index (χ3v) is 4.94. The largest absolute Gasteiger partial charge is 0.386 e. The van der Waals surface area contributed by atoms with E-state index < -0.39 is 15.7 Å².